The van der Waals surface area contributed by atoms with E-state index in [1.54, 1.807) is 6.07 Å². The molecular formula is C21H28N4O. The third-order valence-corrected chi connectivity index (χ3v) is 4.94. The molecule has 0 bridgehead atoms. The van der Waals surface area contributed by atoms with Crippen molar-refractivity contribution in [3.8, 4) is 0 Å². The maximum absolute atomic E-state index is 12.3. The molecule has 3 rings (SSSR count). The standard InChI is InChI=1S/C21H28N4O/c1-17-8-9-18(22)16-20(17)21(26)23-10-5-11-24-12-14-25(15-13-24)19-6-3-2-4-7-19/h2-4,6-9,16H,5,10-15,22H2,1H3,(H,23,26). The van der Waals surface area contributed by atoms with Gasteiger partial charge in [0.25, 0.3) is 5.91 Å². The number of benzene rings is 2. The van der Waals surface area contributed by atoms with Crippen LogP contribution in [0.4, 0.5) is 11.4 Å². The molecule has 0 saturated carbocycles. The van der Waals surface area contributed by atoms with Crippen LogP contribution in [0.5, 0.6) is 0 Å². The molecule has 0 atom stereocenters. The lowest BCUT2D eigenvalue weighted by molar-refractivity contribution is 0.0951. The normalized spacial score (nSPS) is 15.0. The van der Waals surface area contributed by atoms with Crippen molar-refractivity contribution in [2.75, 3.05) is 49.9 Å². The number of nitrogens with two attached hydrogens (primary N) is 1. The Balaban J connectivity index is 1.37. The number of carbonyl (C=O) groups excluding carboxylic acids is 1. The summed E-state index contributed by atoms with van der Waals surface area (Å²) in [7, 11) is 0. The second-order valence-corrected chi connectivity index (χ2v) is 6.85. The van der Waals surface area contributed by atoms with E-state index in [1.807, 2.05) is 19.1 Å². The minimum atomic E-state index is -0.0382. The van der Waals surface area contributed by atoms with Crippen LogP contribution in [0.15, 0.2) is 48.5 Å². The highest BCUT2D eigenvalue weighted by atomic mass is 16.1. The van der Waals surface area contributed by atoms with Gasteiger partial charge in [0.15, 0.2) is 0 Å². The van der Waals surface area contributed by atoms with Crippen LogP contribution in [0.25, 0.3) is 0 Å². The molecule has 2 aromatic carbocycles. The zero-order chi connectivity index (χ0) is 18.4. The molecule has 0 aliphatic carbocycles. The zero-order valence-corrected chi connectivity index (χ0v) is 15.4. The first-order valence-corrected chi connectivity index (χ1v) is 9.30. The van der Waals surface area contributed by atoms with Gasteiger partial charge < -0.3 is 16.0 Å². The molecule has 5 nitrogen and oxygen atoms in total. The molecule has 1 amide bonds. The van der Waals surface area contributed by atoms with E-state index in [0.717, 1.165) is 44.7 Å². The van der Waals surface area contributed by atoms with Crippen LogP contribution >= 0.6 is 0 Å². The smallest absolute Gasteiger partial charge is 0.251 e. The van der Waals surface area contributed by atoms with Gasteiger partial charge in [0, 0.05) is 49.7 Å². The number of hydrogen-bond acceptors (Lipinski definition) is 4. The second kappa shape index (κ2) is 8.72. The van der Waals surface area contributed by atoms with Crippen LogP contribution < -0.4 is 16.0 Å². The summed E-state index contributed by atoms with van der Waals surface area (Å²) in [6, 6.07) is 16.0. The molecule has 1 heterocycles. The number of rotatable bonds is 6. The number of para-hydroxylation sites is 1. The Morgan fingerprint density at radius 3 is 2.54 bits per heavy atom. The molecule has 26 heavy (non-hydrogen) atoms. The van der Waals surface area contributed by atoms with E-state index in [1.165, 1.54) is 5.69 Å². The van der Waals surface area contributed by atoms with Crippen LogP contribution in [0.3, 0.4) is 0 Å². The largest absolute Gasteiger partial charge is 0.399 e. The minimum absolute atomic E-state index is 0.0382. The van der Waals surface area contributed by atoms with Crippen molar-refractivity contribution < 1.29 is 4.79 Å². The van der Waals surface area contributed by atoms with E-state index in [4.69, 9.17) is 5.73 Å². The van der Waals surface area contributed by atoms with Crippen molar-refractivity contribution in [2.24, 2.45) is 0 Å². The third-order valence-electron chi connectivity index (χ3n) is 4.94. The second-order valence-electron chi connectivity index (χ2n) is 6.85. The summed E-state index contributed by atoms with van der Waals surface area (Å²) in [5.74, 6) is -0.0382. The Bertz CT molecular complexity index is 724. The van der Waals surface area contributed by atoms with E-state index in [0.29, 0.717) is 17.8 Å². The third kappa shape index (κ3) is 4.76. The number of amides is 1. The molecule has 3 N–H and O–H groups in total. The van der Waals surface area contributed by atoms with Crippen molar-refractivity contribution >= 4 is 17.3 Å². The molecule has 1 fully saturated rings. The van der Waals surface area contributed by atoms with Gasteiger partial charge in [-0.2, -0.15) is 0 Å². The Kier molecular flexibility index (Phi) is 6.12. The summed E-state index contributed by atoms with van der Waals surface area (Å²) in [5, 5.41) is 3.01. The molecule has 0 aromatic heterocycles. The molecule has 1 aliphatic rings. The van der Waals surface area contributed by atoms with Gasteiger partial charge in [0.1, 0.15) is 0 Å². The van der Waals surface area contributed by atoms with E-state index in [-0.39, 0.29) is 5.91 Å². The summed E-state index contributed by atoms with van der Waals surface area (Å²) < 4.78 is 0. The number of nitrogens with one attached hydrogen (secondary N) is 1. The Morgan fingerprint density at radius 1 is 1.08 bits per heavy atom. The maximum atomic E-state index is 12.3. The lowest BCUT2D eigenvalue weighted by atomic mass is 10.1. The van der Waals surface area contributed by atoms with E-state index in [2.05, 4.69) is 45.4 Å². The highest BCUT2D eigenvalue weighted by Crippen LogP contribution is 2.15. The quantitative estimate of drug-likeness (QED) is 0.619. The van der Waals surface area contributed by atoms with Crippen LogP contribution in [0, 0.1) is 6.92 Å². The summed E-state index contributed by atoms with van der Waals surface area (Å²) in [5.41, 5.74) is 9.33. The summed E-state index contributed by atoms with van der Waals surface area (Å²) in [6.45, 7) is 7.87. The minimum Gasteiger partial charge on any atom is -0.399 e. The van der Waals surface area contributed by atoms with Gasteiger partial charge in [0.05, 0.1) is 0 Å². The molecule has 1 saturated heterocycles. The summed E-state index contributed by atoms with van der Waals surface area (Å²) >= 11 is 0. The fourth-order valence-corrected chi connectivity index (χ4v) is 3.35. The molecule has 2 aromatic rings. The number of piperazine rings is 1. The first kappa shape index (κ1) is 18.3. The monoisotopic (exact) mass is 352 g/mol. The van der Waals surface area contributed by atoms with Gasteiger partial charge in [-0.15, -0.1) is 0 Å². The lowest BCUT2D eigenvalue weighted by Gasteiger charge is -2.36. The molecule has 138 valence electrons. The molecule has 5 heteroatoms. The predicted molar refractivity (Wildman–Crippen MR) is 108 cm³/mol. The Labute approximate surface area is 155 Å². The van der Waals surface area contributed by atoms with Crippen molar-refractivity contribution in [1.29, 1.82) is 0 Å². The summed E-state index contributed by atoms with van der Waals surface area (Å²) in [4.78, 5) is 17.2. The van der Waals surface area contributed by atoms with Crippen LogP contribution in [-0.2, 0) is 0 Å². The van der Waals surface area contributed by atoms with E-state index >= 15 is 0 Å². The summed E-state index contributed by atoms with van der Waals surface area (Å²) in [6.07, 6.45) is 0.957. The topological polar surface area (TPSA) is 61.6 Å². The fraction of sp³-hybridized carbons (Fsp3) is 0.381. The average molecular weight is 352 g/mol. The van der Waals surface area contributed by atoms with Crippen molar-refractivity contribution in [3.05, 3.63) is 59.7 Å². The average Bonchev–Trinajstić information content (AvgIpc) is 2.68. The molecule has 1 aliphatic heterocycles. The van der Waals surface area contributed by atoms with Crippen molar-refractivity contribution in [2.45, 2.75) is 13.3 Å². The van der Waals surface area contributed by atoms with Crippen molar-refractivity contribution in [3.63, 3.8) is 0 Å². The van der Waals surface area contributed by atoms with Gasteiger partial charge in [-0.3, -0.25) is 9.69 Å². The number of nitrogens with zero attached hydrogens (tertiary/aromatic N) is 2. The fourth-order valence-electron chi connectivity index (χ4n) is 3.35. The number of aryl methyl sites for hydroxylation is 1. The van der Waals surface area contributed by atoms with E-state index in [9.17, 15) is 4.79 Å². The Morgan fingerprint density at radius 2 is 1.81 bits per heavy atom. The van der Waals surface area contributed by atoms with Gasteiger partial charge in [-0.1, -0.05) is 24.3 Å². The molecule has 0 spiro atoms. The van der Waals surface area contributed by atoms with Gasteiger partial charge >= 0.3 is 0 Å². The Hall–Kier alpha value is -2.53. The first-order valence-electron chi connectivity index (χ1n) is 9.30. The van der Waals surface area contributed by atoms with Crippen molar-refractivity contribution in [1.82, 2.24) is 10.2 Å². The SMILES string of the molecule is Cc1ccc(N)cc1C(=O)NCCCN1CCN(c2ccccc2)CC1. The van der Waals surface area contributed by atoms with Gasteiger partial charge in [0.2, 0.25) is 0 Å². The van der Waals surface area contributed by atoms with Crippen LogP contribution in [0.1, 0.15) is 22.3 Å². The zero-order valence-electron chi connectivity index (χ0n) is 15.4. The van der Waals surface area contributed by atoms with E-state index < -0.39 is 0 Å². The lowest BCUT2D eigenvalue weighted by Crippen LogP contribution is -2.47. The maximum Gasteiger partial charge on any atom is 0.251 e. The number of carbonyl (C=O) groups is 1. The highest BCUT2D eigenvalue weighted by Gasteiger charge is 2.16. The highest BCUT2D eigenvalue weighted by molar-refractivity contribution is 5.96. The van der Waals surface area contributed by atoms with Crippen LogP contribution in [0.2, 0.25) is 0 Å². The first-order chi connectivity index (χ1) is 12.6. The van der Waals surface area contributed by atoms with Crippen LogP contribution in [-0.4, -0.2) is 50.1 Å². The van der Waals surface area contributed by atoms with Gasteiger partial charge in [-0.05, 0) is 49.7 Å². The molecule has 0 radical (unpaired) electrons. The van der Waals surface area contributed by atoms with Gasteiger partial charge in [-0.25, -0.2) is 0 Å². The number of anilines is 2. The molecular weight excluding hydrogens is 324 g/mol. The molecule has 0 unspecified atom stereocenters. The number of nitrogen functional groups attached to an aromatic ring is 1. The predicted octanol–water partition coefficient (Wildman–Crippen LogP) is 2.52. The number of hydrogen-bond donors (Lipinski definition) is 2.